The van der Waals surface area contributed by atoms with E-state index in [4.69, 9.17) is 9.47 Å². The molecule has 4 nitrogen and oxygen atoms in total. The molecule has 0 spiro atoms. The van der Waals surface area contributed by atoms with Gasteiger partial charge in [-0.25, -0.2) is 0 Å². The quantitative estimate of drug-likeness (QED) is 0.917. The SMILES string of the molecule is Cc1ccc(CN2CCNc3cc4c(cc32)OCO4)cc1. The Morgan fingerprint density at radius 3 is 2.67 bits per heavy atom. The molecule has 4 rings (SSSR count). The minimum Gasteiger partial charge on any atom is -0.454 e. The number of ether oxygens (including phenoxy) is 2. The molecule has 0 atom stereocenters. The highest BCUT2D eigenvalue weighted by atomic mass is 16.7. The Hall–Kier alpha value is -2.36. The van der Waals surface area contributed by atoms with Crippen LogP contribution in [0.2, 0.25) is 0 Å². The molecule has 2 aliphatic rings. The summed E-state index contributed by atoms with van der Waals surface area (Å²) in [7, 11) is 0. The fourth-order valence-corrected chi connectivity index (χ4v) is 2.86. The van der Waals surface area contributed by atoms with E-state index < -0.39 is 0 Å². The molecule has 2 heterocycles. The van der Waals surface area contributed by atoms with Crippen molar-refractivity contribution in [2.75, 3.05) is 30.1 Å². The number of fused-ring (bicyclic) bond motifs is 2. The molecule has 0 saturated heterocycles. The molecule has 2 aliphatic heterocycles. The molecule has 108 valence electrons. The minimum atomic E-state index is 0.316. The number of nitrogens with one attached hydrogen (secondary N) is 1. The summed E-state index contributed by atoms with van der Waals surface area (Å²) in [4.78, 5) is 2.39. The molecular weight excluding hydrogens is 264 g/mol. The molecule has 0 amide bonds. The monoisotopic (exact) mass is 282 g/mol. The summed E-state index contributed by atoms with van der Waals surface area (Å²) in [5.41, 5.74) is 4.93. The third-order valence-electron chi connectivity index (χ3n) is 4.02. The van der Waals surface area contributed by atoms with E-state index in [0.29, 0.717) is 6.79 Å². The van der Waals surface area contributed by atoms with Gasteiger partial charge in [0.15, 0.2) is 11.5 Å². The van der Waals surface area contributed by atoms with Crippen molar-refractivity contribution in [1.29, 1.82) is 0 Å². The first kappa shape index (κ1) is 12.4. The molecule has 0 radical (unpaired) electrons. The first-order valence-electron chi connectivity index (χ1n) is 7.27. The number of benzene rings is 2. The second-order valence-electron chi connectivity index (χ2n) is 5.56. The molecule has 1 N–H and O–H groups in total. The van der Waals surface area contributed by atoms with Crippen LogP contribution < -0.4 is 19.7 Å². The van der Waals surface area contributed by atoms with Gasteiger partial charge in [-0.1, -0.05) is 29.8 Å². The Bertz CT molecular complexity index is 667. The van der Waals surface area contributed by atoms with Crippen LogP contribution in [0, 0.1) is 6.92 Å². The molecule has 2 aromatic rings. The fourth-order valence-electron chi connectivity index (χ4n) is 2.86. The summed E-state index contributed by atoms with van der Waals surface area (Å²) in [5, 5.41) is 3.44. The third-order valence-corrected chi connectivity index (χ3v) is 4.02. The summed E-state index contributed by atoms with van der Waals surface area (Å²) in [6.45, 7) is 5.27. The smallest absolute Gasteiger partial charge is 0.231 e. The van der Waals surface area contributed by atoms with E-state index in [0.717, 1.165) is 36.8 Å². The second kappa shape index (κ2) is 4.88. The second-order valence-corrected chi connectivity index (χ2v) is 5.56. The maximum absolute atomic E-state index is 5.50. The Morgan fingerprint density at radius 1 is 1.10 bits per heavy atom. The predicted octanol–water partition coefficient (Wildman–Crippen LogP) is 3.16. The molecule has 0 fully saturated rings. The van der Waals surface area contributed by atoms with Crippen molar-refractivity contribution in [3.8, 4) is 11.5 Å². The van der Waals surface area contributed by atoms with Crippen molar-refractivity contribution in [3.05, 3.63) is 47.5 Å². The highest BCUT2D eigenvalue weighted by molar-refractivity contribution is 5.77. The van der Waals surface area contributed by atoms with E-state index in [9.17, 15) is 0 Å². The standard InChI is InChI=1S/C17H18N2O2/c1-12-2-4-13(5-3-12)10-19-7-6-18-14-8-16-17(9-15(14)19)21-11-20-16/h2-5,8-9,18H,6-7,10-11H2,1H3. The number of rotatable bonds is 2. The average molecular weight is 282 g/mol. The largest absolute Gasteiger partial charge is 0.454 e. The van der Waals surface area contributed by atoms with Gasteiger partial charge in [-0.05, 0) is 12.5 Å². The van der Waals surface area contributed by atoms with Crippen LogP contribution in [0.5, 0.6) is 11.5 Å². The van der Waals surface area contributed by atoms with Crippen molar-refractivity contribution in [1.82, 2.24) is 0 Å². The lowest BCUT2D eigenvalue weighted by Gasteiger charge is -2.32. The van der Waals surface area contributed by atoms with E-state index >= 15 is 0 Å². The van der Waals surface area contributed by atoms with Crippen LogP contribution in [0.15, 0.2) is 36.4 Å². The lowest BCUT2D eigenvalue weighted by molar-refractivity contribution is 0.174. The van der Waals surface area contributed by atoms with Gasteiger partial charge in [-0.2, -0.15) is 0 Å². The summed E-state index contributed by atoms with van der Waals surface area (Å²) < 4.78 is 11.0. The summed E-state index contributed by atoms with van der Waals surface area (Å²) in [6, 6.07) is 12.8. The van der Waals surface area contributed by atoms with Crippen LogP contribution in [0.3, 0.4) is 0 Å². The zero-order chi connectivity index (χ0) is 14.2. The van der Waals surface area contributed by atoms with Gasteiger partial charge in [0.25, 0.3) is 0 Å². The molecule has 2 aromatic carbocycles. The minimum absolute atomic E-state index is 0.316. The Balaban J connectivity index is 1.65. The molecule has 0 bridgehead atoms. The van der Waals surface area contributed by atoms with Gasteiger partial charge in [0, 0.05) is 31.8 Å². The van der Waals surface area contributed by atoms with Crippen LogP contribution in [0.25, 0.3) is 0 Å². The highest BCUT2D eigenvalue weighted by Gasteiger charge is 2.23. The van der Waals surface area contributed by atoms with Crippen LogP contribution in [0.4, 0.5) is 11.4 Å². The van der Waals surface area contributed by atoms with Gasteiger partial charge in [0.2, 0.25) is 6.79 Å². The number of hydrogen-bond donors (Lipinski definition) is 1. The van der Waals surface area contributed by atoms with E-state index in [1.165, 1.54) is 16.8 Å². The van der Waals surface area contributed by atoms with E-state index in [-0.39, 0.29) is 0 Å². The fraction of sp³-hybridized carbons (Fsp3) is 0.294. The van der Waals surface area contributed by atoms with Gasteiger partial charge >= 0.3 is 0 Å². The van der Waals surface area contributed by atoms with Gasteiger partial charge in [-0.3, -0.25) is 0 Å². The molecule has 0 saturated carbocycles. The third kappa shape index (κ3) is 2.27. The summed E-state index contributed by atoms with van der Waals surface area (Å²) in [6.07, 6.45) is 0. The van der Waals surface area contributed by atoms with Crippen LogP contribution in [-0.2, 0) is 6.54 Å². The Labute approximate surface area is 124 Å². The predicted molar refractivity (Wildman–Crippen MR) is 83.3 cm³/mol. The number of anilines is 2. The van der Waals surface area contributed by atoms with Gasteiger partial charge in [-0.15, -0.1) is 0 Å². The Morgan fingerprint density at radius 2 is 1.86 bits per heavy atom. The zero-order valence-electron chi connectivity index (χ0n) is 12.1. The lowest BCUT2D eigenvalue weighted by Crippen LogP contribution is -2.33. The van der Waals surface area contributed by atoms with E-state index in [1.54, 1.807) is 0 Å². The topological polar surface area (TPSA) is 33.7 Å². The average Bonchev–Trinajstić information content (AvgIpc) is 2.95. The molecule has 0 aliphatic carbocycles. The van der Waals surface area contributed by atoms with Crippen molar-refractivity contribution >= 4 is 11.4 Å². The van der Waals surface area contributed by atoms with Gasteiger partial charge < -0.3 is 19.7 Å². The number of aryl methyl sites for hydroxylation is 1. The summed E-state index contributed by atoms with van der Waals surface area (Å²) >= 11 is 0. The van der Waals surface area contributed by atoms with E-state index in [2.05, 4.69) is 47.5 Å². The summed E-state index contributed by atoms with van der Waals surface area (Å²) in [5.74, 6) is 1.67. The van der Waals surface area contributed by atoms with Gasteiger partial charge in [0.1, 0.15) is 0 Å². The van der Waals surface area contributed by atoms with Crippen molar-refractivity contribution in [2.45, 2.75) is 13.5 Å². The normalized spacial score (nSPS) is 15.6. The number of hydrogen-bond acceptors (Lipinski definition) is 4. The first-order chi connectivity index (χ1) is 10.3. The number of nitrogens with zero attached hydrogens (tertiary/aromatic N) is 1. The molecular formula is C17H18N2O2. The van der Waals surface area contributed by atoms with Crippen LogP contribution in [0.1, 0.15) is 11.1 Å². The van der Waals surface area contributed by atoms with Crippen molar-refractivity contribution in [3.63, 3.8) is 0 Å². The van der Waals surface area contributed by atoms with Crippen molar-refractivity contribution in [2.24, 2.45) is 0 Å². The highest BCUT2D eigenvalue weighted by Crippen LogP contribution is 2.42. The van der Waals surface area contributed by atoms with Crippen LogP contribution in [-0.4, -0.2) is 19.9 Å². The first-order valence-corrected chi connectivity index (χ1v) is 7.27. The maximum Gasteiger partial charge on any atom is 0.231 e. The Kier molecular flexibility index (Phi) is 2.88. The zero-order valence-corrected chi connectivity index (χ0v) is 12.1. The molecule has 0 unspecified atom stereocenters. The van der Waals surface area contributed by atoms with Crippen molar-refractivity contribution < 1.29 is 9.47 Å². The van der Waals surface area contributed by atoms with E-state index in [1.807, 2.05) is 6.07 Å². The maximum atomic E-state index is 5.50. The van der Waals surface area contributed by atoms with Crippen LogP contribution >= 0.6 is 0 Å². The molecule has 4 heteroatoms. The van der Waals surface area contributed by atoms with Gasteiger partial charge in [0.05, 0.1) is 11.4 Å². The molecule has 21 heavy (non-hydrogen) atoms. The lowest BCUT2D eigenvalue weighted by atomic mass is 10.1. The molecule has 0 aromatic heterocycles.